The topological polar surface area (TPSA) is 39.4 Å². The van der Waals surface area contributed by atoms with Crippen molar-refractivity contribution < 1.29 is 9.53 Å². The van der Waals surface area contributed by atoms with Gasteiger partial charge >= 0.3 is 0 Å². The zero-order valence-electron chi connectivity index (χ0n) is 17.9. The van der Waals surface area contributed by atoms with E-state index < -0.39 is 0 Å². The SMILES string of the molecule is CC1c2c(c3c4ccccc4n4c3c3c2c2ccccc2n3[C@H]2CC[C@@H]4O2)C(=C=O)N1C. The molecule has 0 N–H and O–H groups in total. The molecular formula is C27H21N3O2. The van der Waals surface area contributed by atoms with E-state index in [9.17, 15) is 4.79 Å². The molecule has 32 heavy (non-hydrogen) atoms. The molecule has 0 aliphatic carbocycles. The quantitative estimate of drug-likeness (QED) is 0.293. The first-order valence-corrected chi connectivity index (χ1v) is 11.4. The van der Waals surface area contributed by atoms with Crippen LogP contribution in [-0.4, -0.2) is 27.0 Å². The van der Waals surface area contributed by atoms with Gasteiger partial charge in [-0.3, -0.25) is 0 Å². The van der Waals surface area contributed by atoms with Gasteiger partial charge in [-0.2, -0.15) is 0 Å². The molecular weight excluding hydrogens is 398 g/mol. The lowest BCUT2D eigenvalue weighted by molar-refractivity contribution is -0.0229. The number of carbonyl (C=O) groups excluding carboxylic acids is 1. The Balaban J connectivity index is 1.81. The third-order valence-corrected chi connectivity index (χ3v) is 8.07. The normalized spacial score (nSPS) is 23.8. The third kappa shape index (κ3) is 1.67. The smallest absolute Gasteiger partial charge is 0.151 e. The summed E-state index contributed by atoms with van der Waals surface area (Å²) in [6.45, 7) is 2.20. The molecule has 8 rings (SSSR count). The summed E-state index contributed by atoms with van der Waals surface area (Å²) < 4.78 is 11.5. The zero-order valence-corrected chi connectivity index (χ0v) is 17.9. The van der Waals surface area contributed by atoms with E-state index in [1.54, 1.807) is 0 Å². The van der Waals surface area contributed by atoms with Crippen LogP contribution < -0.4 is 0 Å². The molecule has 0 radical (unpaired) electrons. The van der Waals surface area contributed by atoms with Gasteiger partial charge in [0.25, 0.3) is 0 Å². The Labute approximate surface area is 184 Å². The van der Waals surface area contributed by atoms with Crippen LogP contribution in [-0.2, 0) is 9.53 Å². The molecule has 2 bridgehead atoms. The number of hydrogen-bond acceptors (Lipinski definition) is 3. The van der Waals surface area contributed by atoms with Crippen LogP contribution in [0.5, 0.6) is 0 Å². The van der Waals surface area contributed by atoms with Crippen molar-refractivity contribution in [3.05, 3.63) is 59.7 Å². The second-order valence-corrected chi connectivity index (χ2v) is 9.37. The lowest BCUT2D eigenvalue weighted by Gasteiger charge is -2.17. The van der Waals surface area contributed by atoms with E-state index in [1.807, 2.05) is 7.05 Å². The van der Waals surface area contributed by atoms with Gasteiger partial charge in [-0.05, 0) is 37.5 Å². The van der Waals surface area contributed by atoms with Gasteiger partial charge in [-0.15, -0.1) is 0 Å². The minimum atomic E-state index is 0.00234. The minimum absolute atomic E-state index is 0.00234. The van der Waals surface area contributed by atoms with Gasteiger partial charge in [-0.1, -0.05) is 36.4 Å². The van der Waals surface area contributed by atoms with Crippen molar-refractivity contribution in [3.8, 4) is 0 Å². The van der Waals surface area contributed by atoms with Crippen LogP contribution in [0.4, 0.5) is 0 Å². The van der Waals surface area contributed by atoms with Crippen molar-refractivity contribution in [1.82, 2.24) is 14.0 Å². The highest BCUT2D eigenvalue weighted by molar-refractivity contribution is 6.28. The highest BCUT2D eigenvalue weighted by atomic mass is 16.5. The van der Waals surface area contributed by atoms with Crippen LogP contribution in [0.25, 0.3) is 49.3 Å². The second kappa shape index (κ2) is 5.44. The summed E-state index contributed by atoms with van der Waals surface area (Å²) in [5.74, 6) is 2.30. The van der Waals surface area contributed by atoms with E-state index in [0.717, 1.165) is 23.8 Å². The van der Waals surface area contributed by atoms with E-state index in [1.165, 1.54) is 43.8 Å². The third-order valence-electron chi connectivity index (χ3n) is 8.07. The summed E-state index contributed by atoms with van der Waals surface area (Å²) >= 11 is 0. The van der Waals surface area contributed by atoms with Crippen molar-refractivity contribution in [2.45, 2.75) is 38.3 Å². The van der Waals surface area contributed by atoms with E-state index in [0.29, 0.717) is 5.70 Å². The molecule has 1 unspecified atom stereocenters. The molecule has 5 heterocycles. The van der Waals surface area contributed by atoms with Crippen molar-refractivity contribution in [2.24, 2.45) is 0 Å². The molecule has 5 nitrogen and oxygen atoms in total. The number of hydrogen-bond donors (Lipinski definition) is 0. The number of ether oxygens (including phenoxy) is 1. The average molecular weight is 419 g/mol. The molecule has 0 saturated carbocycles. The first kappa shape index (κ1) is 17.1. The van der Waals surface area contributed by atoms with E-state index >= 15 is 0 Å². The van der Waals surface area contributed by atoms with Crippen molar-refractivity contribution in [3.63, 3.8) is 0 Å². The van der Waals surface area contributed by atoms with Crippen molar-refractivity contribution in [1.29, 1.82) is 0 Å². The molecule has 1 fully saturated rings. The molecule has 5 heteroatoms. The van der Waals surface area contributed by atoms with Crippen LogP contribution in [0.2, 0.25) is 0 Å². The monoisotopic (exact) mass is 419 g/mol. The van der Waals surface area contributed by atoms with Crippen LogP contribution in [0.1, 0.15) is 49.4 Å². The first-order chi connectivity index (χ1) is 15.7. The Bertz CT molecular complexity index is 1720. The standard InChI is InChI=1S/C27H21N3O2/c1-14-22-23-15-7-3-5-9-17(15)29-20-11-12-21(32-20)30-18-10-6-4-8-16(18)24(27(30)26(23)29)25(22)19(13-31)28(14)2/h3-10,14,20-21H,11-12H2,1-2H3/t14?,20-,21+/m1/s1. The fraction of sp³-hybridized carbons (Fsp3) is 0.259. The number of para-hydroxylation sites is 2. The number of rotatable bonds is 0. The van der Waals surface area contributed by atoms with Gasteiger partial charge in [0.15, 0.2) is 5.94 Å². The van der Waals surface area contributed by atoms with Gasteiger partial charge in [0, 0.05) is 34.2 Å². The predicted octanol–water partition coefficient (Wildman–Crippen LogP) is 5.90. The number of aromatic nitrogens is 2. The Morgan fingerprint density at radius 2 is 1.44 bits per heavy atom. The highest BCUT2D eigenvalue weighted by Crippen LogP contribution is 2.56. The maximum absolute atomic E-state index is 12.3. The summed E-state index contributed by atoms with van der Waals surface area (Å²) in [5.41, 5.74) is 7.77. The maximum Gasteiger partial charge on any atom is 0.151 e. The molecule has 3 aromatic carbocycles. The molecule has 3 atom stereocenters. The average Bonchev–Trinajstić information content (AvgIpc) is 3.52. The summed E-state index contributed by atoms with van der Waals surface area (Å²) in [6.07, 6.45) is 2.01. The Hall–Kier alpha value is -3.53. The lowest BCUT2D eigenvalue weighted by Crippen LogP contribution is -2.13. The minimum Gasteiger partial charge on any atom is -0.358 e. The fourth-order valence-corrected chi connectivity index (χ4v) is 6.71. The van der Waals surface area contributed by atoms with E-state index in [2.05, 4.69) is 75.4 Å². The number of benzene rings is 3. The number of fused-ring (bicyclic) bond motifs is 13. The van der Waals surface area contributed by atoms with Crippen LogP contribution in [0.3, 0.4) is 0 Å². The van der Waals surface area contributed by atoms with E-state index in [-0.39, 0.29) is 18.5 Å². The summed E-state index contributed by atoms with van der Waals surface area (Å²) in [7, 11) is 2.01. The molecule has 0 amide bonds. The van der Waals surface area contributed by atoms with Gasteiger partial charge < -0.3 is 18.8 Å². The van der Waals surface area contributed by atoms with Gasteiger partial charge in [0.1, 0.15) is 18.2 Å². The van der Waals surface area contributed by atoms with Crippen molar-refractivity contribution in [2.75, 3.05) is 7.05 Å². The Morgan fingerprint density at radius 3 is 2.06 bits per heavy atom. The Kier molecular flexibility index (Phi) is 2.90. The zero-order chi connectivity index (χ0) is 21.3. The molecule has 1 saturated heterocycles. The molecule has 3 aliphatic rings. The second-order valence-electron chi connectivity index (χ2n) is 9.37. The largest absolute Gasteiger partial charge is 0.358 e. The molecule has 5 aromatic rings. The fourth-order valence-electron chi connectivity index (χ4n) is 6.71. The van der Waals surface area contributed by atoms with Gasteiger partial charge in [0.05, 0.1) is 28.1 Å². The van der Waals surface area contributed by atoms with Gasteiger partial charge in [-0.25, -0.2) is 4.79 Å². The van der Waals surface area contributed by atoms with Gasteiger partial charge in [0.2, 0.25) is 0 Å². The van der Waals surface area contributed by atoms with Crippen LogP contribution in [0, 0.1) is 0 Å². The highest BCUT2D eigenvalue weighted by Gasteiger charge is 2.42. The summed E-state index contributed by atoms with van der Waals surface area (Å²) in [5, 5.41) is 4.84. The summed E-state index contributed by atoms with van der Waals surface area (Å²) in [4.78, 5) is 14.4. The predicted molar refractivity (Wildman–Crippen MR) is 126 cm³/mol. The molecule has 156 valence electrons. The summed E-state index contributed by atoms with van der Waals surface area (Å²) in [6, 6.07) is 17.3. The number of nitrogens with zero attached hydrogens (tertiary/aromatic N) is 3. The van der Waals surface area contributed by atoms with Crippen molar-refractivity contribution >= 4 is 55.3 Å². The van der Waals surface area contributed by atoms with Crippen LogP contribution in [0.15, 0.2) is 48.5 Å². The first-order valence-electron chi connectivity index (χ1n) is 11.4. The van der Waals surface area contributed by atoms with E-state index in [4.69, 9.17) is 4.74 Å². The Morgan fingerprint density at radius 1 is 0.875 bits per heavy atom. The molecule has 3 aliphatic heterocycles. The molecule has 2 aromatic heterocycles. The maximum atomic E-state index is 12.3. The molecule has 0 spiro atoms. The van der Waals surface area contributed by atoms with Crippen LogP contribution >= 0.6 is 0 Å². The lowest BCUT2D eigenvalue weighted by atomic mass is 9.93.